The molecule has 0 aromatic carbocycles. The van der Waals surface area contributed by atoms with Crippen LogP contribution < -0.4 is 5.32 Å². The maximum absolute atomic E-state index is 11.5. The Hall–Kier alpha value is -1.21. The molecule has 0 fully saturated rings. The first-order valence-electron chi connectivity index (χ1n) is 7.20. The van der Waals surface area contributed by atoms with Crippen LogP contribution in [0.1, 0.15) is 36.0 Å². The van der Waals surface area contributed by atoms with Gasteiger partial charge >= 0.3 is 0 Å². The summed E-state index contributed by atoms with van der Waals surface area (Å²) in [5.41, 5.74) is 1.36. The fraction of sp³-hybridized carbons (Fsp3) is 0.571. The van der Waals surface area contributed by atoms with Gasteiger partial charge in [-0.1, -0.05) is 0 Å². The third-order valence-electron chi connectivity index (χ3n) is 3.60. The van der Waals surface area contributed by atoms with Gasteiger partial charge in [0.05, 0.1) is 5.39 Å². The van der Waals surface area contributed by atoms with Crippen LogP contribution in [0.5, 0.6) is 0 Å². The van der Waals surface area contributed by atoms with Crippen LogP contribution in [0, 0.1) is 0 Å². The second-order valence-electron chi connectivity index (χ2n) is 5.48. The lowest BCUT2D eigenvalue weighted by molar-refractivity contribution is 0.600. The molecule has 21 heavy (non-hydrogen) atoms. The molecule has 0 aliphatic heterocycles. The minimum atomic E-state index is -3.13. The maximum Gasteiger partial charge on any atom is 0.154 e. The summed E-state index contributed by atoms with van der Waals surface area (Å²) in [5.74, 6) is 1.07. The Labute approximate surface area is 128 Å². The molecule has 0 saturated carbocycles. The molecule has 5 nitrogen and oxygen atoms in total. The molecule has 2 aromatic rings. The molecular weight excluding hydrogens is 306 g/mol. The molecule has 114 valence electrons. The Morgan fingerprint density at radius 1 is 1.24 bits per heavy atom. The van der Waals surface area contributed by atoms with E-state index < -0.39 is 9.84 Å². The molecule has 7 heteroatoms. The molecule has 0 spiro atoms. The molecule has 2 heterocycles. The lowest BCUT2D eigenvalue weighted by atomic mass is 9.97. The van der Waals surface area contributed by atoms with E-state index in [0.29, 0.717) is 5.82 Å². The van der Waals surface area contributed by atoms with Crippen molar-refractivity contribution < 1.29 is 8.42 Å². The van der Waals surface area contributed by atoms with Crippen LogP contribution in [0.2, 0.25) is 0 Å². The first-order chi connectivity index (χ1) is 9.98. The zero-order valence-corrected chi connectivity index (χ0v) is 13.9. The number of hydrogen-bond acceptors (Lipinski definition) is 6. The van der Waals surface area contributed by atoms with E-state index in [2.05, 4.69) is 15.3 Å². The van der Waals surface area contributed by atoms with Crippen molar-refractivity contribution in [2.45, 2.75) is 38.4 Å². The molecule has 0 radical (unpaired) electrons. The highest BCUT2D eigenvalue weighted by Crippen LogP contribution is 2.38. The number of sulfone groups is 1. The van der Waals surface area contributed by atoms with Crippen molar-refractivity contribution in [3.05, 3.63) is 16.3 Å². The van der Waals surface area contributed by atoms with Crippen molar-refractivity contribution in [2.75, 3.05) is 18.1 Å². The van der Waals surface area contributed by atoms with Gasteiger partial charge in [-0.15, -0.1) is 11.3 Å². The molecule has 2 aromatic heterocycles. The van der Waals surface area contributed by atoms with E-state index in [1.807, 2.05) is 6.92 Å². The predicted molar refractivity (Wildman–Crippen MR) is 86.8 cm³/mol. The van der Waals surface area contributed by atoms with Gasteiger partial charge in [0.25, 0.3) is 0 Å². The van der Waals surface area contributed by atoms with Gasteiger partial charge in [0.2, 0.25) is 0 Å². The Kier molecular flexibility index (Phi) is 3.88. The summed E-state index contributed by atoms with van der Waals surface area (Å²) < 4.78 is 23.0. The number of anilines is 1. The van der Waals surface area contributed by atoms with Crippen LogP contribution in [0.25, 0.3) is 10.2 Å². The van der Waals surface area contributed by atoms with Gasteiger partial charge in [-0.25, -0.2) is 18.4 Å². The summed E-state index contributed by atoms with van der Waals surface area (Å²) in [6, 6.07) is 0. The Balaban J connectivity index is 2.18. The highest BCUT2D eigenvalue weighted by molar-refractivity contribution is 7.89. The fourth-order valence-corrected chi connectivity index (χ4v) is 4.67. The molecule has 3 rings (SSSR count). The molecule has 0 saturated heterocycles. The van der Waals surface area contributed by atoms with Crippen LogP contribution in [-0.2, 0) is 28.4 Å². The smallest absolute Gasteiger partial charge is 0.154 e. The van der Waals surface area contributed by atoms with E-state index in [4.69, 9.17) is 0 Å². The lowest BCUT2D eigenvalue weighted by Gasteiger charge is -2.12. The monoisotopic (exact) mass is 325 g/mol. The Morgan fingerprint density at radius 3 is 2.71 bits per heavy atom. The second-order valence-corrected chi connectivity index (χ2v) is 8.70. The van der Waals surface area contributed by atoms with Crippen LogP contribution in [-0.4, -0.2) is 31.2 Å². The highest BCUT2D eigenvalue weighted by atomic mass is 32.2. The van der Waals surface area contributed by atoms with E-state index in [-0.39, 0.29) is 5.75 Å². The van der Waals surface area contributed by atoms with Crippen molar-refractivity contribution in [1.29, 1.82) is 0 Å². The number of hydrogen-bond donors (Lipinski definition) is 1. The largest absolute Gasteiger partial charge is 0.370 e. The van der Waals surface area contributed by atoms with Crippen molar-refractivity contribution >= 4 is 37.2 Å². The zero-order valence-electron chi connectivity index (χ0n) is 12.3. The van der Waals surface area contributed by atoms with Gasteiger partial charge < -0.3 is 5.32 Å². The minimum absolute atomic E-state index is 0.107. The van der Waals surface area contributed by atoms with E-state index in [0.717, 1.165) is 35.4 Å². The van der Waals surface area contributed by atoms with Gasteiger partial charge in [-0.2, -0.15) is 0 Å². The summed E-state index contributed by atoms with van der Waals surface area (Å²) in [7, 11) is -3.13. The average Bonchev–Trinajstić information content (AvgIpc) is 2.75. The van der Waals surface area contributed by atoms with Crippen LogP contribution in [0.15, 0.2) is 0 Å². The number of aryl methyl sites for hydroxylation is 2. The standard InChI is InChI=1S/C14H19N3O2S2/c1-3-15-13-12-9-6-4-5-7-10(9)20-14(12)17-11(16-13)8-21(2,18)19/h3-8H2,1-2H3,(H,15,16,17). The third-order valence-corrected chi connectivity index (χ3v) is 5.56. The van der Waals surface area contributed by atoms with Crippen LogP contribution >= 0.6 is 11.3 Å². The molecule has 0 unspecified atom stereocenters. The molecule has 0 amide bonds. The van der Waals surface area contributed by atoms with Crippen LogP contribution in [0.3, 0.4) is 0 Å². The molecule has 1 N–H and O–H groups in total. The highest BCUT2D eigenvalue weighted by Gasteiger charge is 2.21. The van der Waals surface area contributed by atoms with Gasteiger partial charge in [-0.3, -0.25) is 0 Å². The Bertz CT molecular complexity index is 781. The summed E-state index contributed by atoms with van der Waals surface area (Å²) in [4.78, 5) is 11.3. The van der Waals surface area contributed by atoms with Crippen molar-refractivity contribution in [1.82, 2.24) is 9.97 Å². The van der Waals surface area contributed by atoms with E-state index >= 15 is 0 Å². The molecule has 1 aliphatic carbocycles. The van der Waals surface area contributed by atoms with Gasteiger partial charge in [0.15, 0.2) is 9.84 Å². The zero-order chi connectivity index (χ0) is 15.0. The second kappa shape index (κ2) is 5.53. The molecule has 0 atom stereocenters. The molecular formula is C14H19N3O2S2. The summed E-state index contributed by atoms with van der Waals surface area (Å²) >= 11 is 1.69. The molecule has 0 bridgehead atoms. The van der Waals surface area contributed by atoms with Crippen LogP contribution in [0.4, 0.5) is 5.82 Å². The number of aromatic nitrogens is 2. The average molecular weight is 325 g/mol. The summed E-state index contributed by atoms with van der Waals surface area (Å²) in [5, 5.41) is 4.38. The first-order valence-corrected chi connectivity index (χ1v) is 10.1. The molecule has 1 aliphatic rings. The van der Waals surface area contributed by atoms with E-state index in [1.165, 1.54) is 29.5 Å². The van der Waals surface area contributed by atoms with Crippen molar-refractivity contribution in [3.8, 4) is 0 Å². The van der Waals surface area contributed by atoms with Crippen molar-refractivity contribution in [2.24, 2.45) is 0 Å². The van der Waals surface area contributed by atoms with Gasteiger partial charge in [0, 0.05) is 17.7 Å². The SMILES string of the molecule is CCNc1nc(CS(C)(=O)=O)nc2sc3c(c12)CCCC3. The van der Waals surface area contributed by atoms with E-state index in [1.54, 1.807) is 11.3 Å². The number of fused-ring (bicyclic) bond motifs is 3. The topological polar surface area (TPSA) is 72.0 Å². The normalized spacial score (nSPS) is 15.1. The van der Waals surface area contributed by atoms with Crippen molar-refractivity contribution in [3.63, 3.8) is 0 Å². The quantitative estimate of drug-likeness (QED) is 0.935. The fourth-order valence-electron chi connectivity index (χ4n) is 2.80. The number of nitrogens with zero attached hydrogens (tertiary/aromatic N) is 2. The lowest BCUT2D eigenvalue weighted by Crippen LogP contribution is -2.09. The summed E-state index contributed by atoms with van der Waals surface area (Å²) in [6.07, 6.45) is 5.81. The first kappa shape index (κ1) is 14.7. The predicted octanol–water partition coefficient (Wildman–Crippen LogP) is 2.55. The number of thiophene rings is 1. The minimum Gasteiger partial charge on any atom is -0.370 e. The van der Waals surface area contributed by atoms with Gasteiger partial charge in [0.1, 0.15) is 22.2 Å². The number of nitrogens with one attached hydrogen (secondary N) is 1. The Morgan fingerprint density at radius 2 is 2.00 bits per heavy atom. The summed E-state index contributed by atoms with van der Waals surface area (Å²) in [6.45, 7) is 2.78. The van der Waals surface area contributed by atoms with E-state index in [9.17, 15) is 8.42 Å². The maximum atomic E-state index is 11.5. The van der Waals surface area contributed by atoms with Gasteiger partial charge in [-0.05, 0) is 38.2 Å². The third kappa shape index (κ3) is 3.03. The number of rotatable bonds is 4.